The van der Waals surface area contributed by atoms with Crippen LogP contribution in [0.1, 0.15) is 5.69 Å². The van der Waals surface area contributed by atoms with Crippen LogP contribution in [0.25, 0.3) is 33.1 Å². The molecule has 0 aliphatic carbocycles. The topological polar surface area (TPSA) is 80.3 Å². The molecular formula is C19H11ClF3N3O3. The third kappa shape index (κ3) is 2.43. The zero-order valence-electron chi connectivity index (χ0n) is 14.7. The number of benzene rings is 2. The second-order valence-electron chi connectivity index (χ2n) is 6.51. The van der Waals surface area contributed by atoms with E-state index < -0.39 is 29.0 Å². The fraction of sp³-hybridized carbons (Fsp3) is 0.158. The van der Waals surface area contributed by atoms with E-state index in [2.05, 4.69) is 15.2 Å². The van der Waals surface area contributed by atoms with Crippen LogP contribution in [0.15, 0.2) is 12.1 Å². The number of aromatic hydroxyl groups is 1. The number of hydrogen-bond donors (Lipinski definition) is 2. The zero-order valence-corrected chi connectivity index (χ0v) is 15.5. The highest BCUT2D eigenvalue weighted by Gasteiger charge is 2.31. The number of fused-ring (bicyclic) bond motifs is 4. The number of nitrogens with one attached hydrogen (secondary N) is 1. The third-order valence-corrected chi connectivity index (χ3v) is 5.10. The minimum Gasteiger partial charge on any atom is -0.506 e. The Labute approximate surface area is 165 Å². The quantitative estimate of drug-likeness (QED) is 0.468. The van der Waals surface area contributed by atoms with Crippen molar-refractivity contribution in [3.63, 3.8) is 0 Å². The molecule has 148 valence electrons. The lowest BCUT2D eigenvalue weighted by Crippen LogP contribution is -2.18. The van der Waals surface area contributed by atoms with Crippen LogP contribution in [-0.2, 0) is 0 Å². The van der Waals surface area contributed by atoms with Crippen LogP contribution in [0.4, 0.5) is 13.2 Å². The van der Waals surface area contributed by atoms with Crippen LogP contribution in [0.2, 0.25) is 5.02 Å². The van der Waals surface area contributed by atoms with E-state index in [-0.39, 0.29) is 57.0 Å². The van der Waals surface area contributed by atoms with E-state index in [4.69, 9.17) is 21.1 Å². The van der Waals surface area contributed by atoms with Gasteiger partial charge in [-0.05, 0) is 13.0 Å². The van der Waals surface area contributed by atoms with E-state index in [1.54, 1.807) is 6.92 Å². The third-order valence-electron chi connectivity index (χ3n) is 4.80. The summed E-state index contributed by atoms with van der Waals surface area (Å²) in [5.74, 6) is -3.97. The summed E-state index contributed by atoms with van der Waals surface area (Å²) in [6, 6.07) is 1.87. The molecule has 0 fully saturated rings. The minimum absolute atomic E-state index is 0.0318. The fourth-order valence-electron chi connectivity index (χ4n) is 3.53. The average Bonchev–Trinajstić information content (AvgIpc) is 3.08. The number of ether oxygens (including phenoxy) is 2. The Balaban J connectivity index is 2.02. The second-order valence-corrected chi connectivity index (χ2v) is 6.92. The summed E-state index contributed by atoms with van der Waals surface area (Å²) in [7, 11) is 0. The molecule has 0 atom stereocenters. The van der Waals surface area contributed by atoms with Crippen molar-refractivity contribution in [2.75, 3.05) is 13.2 Å². The maximum Gasteiger partial charge on any atom is 0.201 e. The first kappa shape index (κ1) is 17.9. The van der Waals surface area contributed by atoms with Gasteiger partial charge >= 0.3 is 0 Å². The lowest BCUT2D eigenvalue weighted by molar-refractivity contribution is 0.158. The van der Waals surface area contributed by atoms with Gasteiger partial charge in [-0.2, -0.15) is 5.10 Å². The highest BCUT2D eigenvalue weighted by atomic mass is 35.5. The standard InChI is InChI=1S/C19H11ClF3N3O3/c1-6-11-12-13(15(23)18-17(14(12)22)28-2-3-29-18)16(24-19(11)26-25-6)7-4-8(20)10(27)5-9(7)21/h4-5,27H,2-3H2,1H3,(H,24,25,26). The molecule has 1 aliphatic heterocycles. The smallest absolute Gasteiger partial charge is 0.201 e. The summed E-state index contributed by atoms with van der Waals surface area (Å²) < 4.78 is 56.2. The number of nitrogens with zero attached hydrogens (tertiary/aromatic N) is 2. The minimum atomic E-state index is -0.940. The van der Waals surface area contributed by atoms with Gasteiger partial charge < -0.3 is 14.6 Å². The van der Waals surface area contributed by atoms with Crippen molar-refractivity contribution in [3.05, 3.63) is 40.3 Å². The molecule has 1 aliphatic rings. The molecule has 0 unspecified atom stereocenters. The summed E-state index contributed by atoms with van der Waals surface area (Å²) in [5.41, 5.74) is 0.0673. The van der Waals surface area contributed by atoms with Gasteiger partial charge in [-0.1, -0.05) is 11.6 Å². The van der Waals surface area contributed by atoms with Gasteiger partial charge in [-0.15, -0.1) is 0 Å². The molecule has 0 saturated carbocycles. The number of aromatic amines is 1. The summed E-state index contributed by atoms with van der Waals surface area (Å²) in [5, 5.41) is 15.9. The number of halogens is 4. The van der Waals surface area contributed by atoms with Crippen molar-refractivity contribution in [2.45, 2.75) is 6.92 Å². The van der Waals surface area contributed by atoms with Gasteiger partial charge in [0.15, 0.2) is 17.3 Å². The Morgan fingerprint density at radius 1 is 1.03 bits per heavy atom. The zero-order chi connectivity index (χ0) is 20.4. The monoisotopic (exact) mass is 421 g/mol. The number of phenolic OH excluding ortho intramolecular Hbond substituents is 1. The van der Waals surface area contributed by atoms with Crippen molar-refractivity contribution in [3.8, 4) is 28.5 Å². The van der Waals surface area contributed by atoms with Crippen LogP contribution in [0.3, 0.4) is 0 Å². The van der Waals surface area contributed by atoms with E-state index in [9.17, 15) is 9.50 Å². The van der Waals surface area contributed by atoms with Crippen LogP contribution >= 0.6 is 11.6 Å². The predicted molar refractivity (Wildman–Crippen MR) is 99.1 cm³/mol. The Morgan fingerprint density at radius 2 is 1.69 bits per heavy atom. The predicted octanol–water partition coefficient (Wildman–Crippen LogP) is 4.63. The molecule has 2 aromatic carbocycles. The average molecular weight is 422 g/mol. The maximum absolute atomic E-state index is 15.5. The molecule has 0 saturated heterocycles. The SMILES string of the molecule is Cc1n[nH]c2nc(-c3cc(Cl)c(O)cc3F)c3c(F)c4c(c(F)c3c12)OCCO4. The first-order valence-electron chi connectivity index (χ1n) is 8.51. The summed E-state index contributed by atoms with van der Waals surface area (Å²) >= 11 is 5.92. The summed E-state index contributed by atoms with van der Waals surface area (Å²) in [6.45, 7) is 1.69. The second kappa shape index (κ2) is 6.15. The number of H-pyrrole nitrogens is 1. The molecule has 0 spiro atoms. The first-order valence-corrected chi connectivity index (χ1v) is 8.89. The van der Waals surface area contributed by atoms with Crippen molar-refractivity contribution in [2.24, 2.45) is 0 Å². The van der Waals surface area contributed by atoms with Crippen LogP contribution in [0.5, 0.6) is 17.2 Å². The molecule has 0 amide bonds. The van der Waals surface area contributed by atoms with Gasteiger partial charge in [0.05, 0.1) is 27.2 Å². The van der Waals surface area contributed by atoms with E-state index in [1.807, 2.05) is 0 Å². The summed E-state index contributed by atoms with van der Waals surface area (Å²) in [6.07, 6.45) is 0. The lowest BCUT2D eigenvalue weighted by Gasteiger charge is -2.22. The van der Waals surface area contributed by atoms with E-state index in [0.29, 0.717) is 5.69 Å². The number of aryl methyl sites for hydroxylation is 1. The normalized spacial score (nSPS) is 13.4. The van der Waals surface area contributed by atoms with Crippen LogP contribution in [0, 0.1) is 24.4 Å². The van der Waals surface area contributed by atoms with Gasteiger partial charge in [-0.3, -0.25) is 5.10 Å². The van der Waals surface area contributed by atoms with Gasteiger partial charge in [-0.25, -0.2) is 18.2 Å². The lowest BCUT2D eigenvalue weighted by atomic mass is 9.98. The highest BCUT2D eigenvalue weighted by molar-refractivity contribution is 6.32. The largest absolute Gasteiger partial charge is 0.506 e. The number of phenols is 1. The van der Waals surface area contributed by atoms with Gasteiger partial charge in [0.2, 0.25) is 11.5 Å². The first-order chi connectivity index (χ1) is 13.9. The Hall–Kier alpha value is -3.20. The molecule has 2 N–H and O–H groups in total. The van der Waals surface area contributed by atoms with E-state index in [0.717, 1.165) is 12.1 Å². The molecule has 5 rings (SSSR count). The number of aromatic nitrogens is 3. The van der Waals surface area contributed by atoms with Gasteiger partial charge in [0.1, 0.15) is 24.8 Å². The molecule has 4 aromatic rings. The molecule has 0 bridgehead atoms. The molecule has 0 radical (unpaired) electrons. The maximum atomic E-state index is 15.5. The van der Waals surface area contributed by atoms with Crippen molar-refractivity contribution < 1.29 is 27.8 Å². The molecule has 2 aromatic heterocycles. The molecule has 6 nitrogen and oxygen atoms in total. The highest BCUT2D eigenvalue weighted by Crippen LogP contribution is 2.47. The molecule has 29 heavy (non-hydrogen) atoms. The van der Waals surface area contributed by atoms with Crippen molar-refractivity contribution in [1.82, 2.24) is 15.2 Å². The molecule has 3 heterocycles. The van der Waals surface area contributed by atoms with Crippen LogP contribution < -0.4 is 9.47 Å². The van der Waals surface area contributed by atoms with Gasteiger partial charge in [0, 0.05) is 17.0 Å². The Bertz CT molecular complexity index is 1340. The van der Waals surface area contributed by atoms with E-state index >= 15 is 8.78 Å². The molecular weight excluding hydrogens is 411 g/mol. The molecule has 10 heteroatoms. The number of pyridine rings is 1. The van der Waals surface area contributed by atoms with Crippen molar-refractivity contribution in [1.29, 1.82) is 0 Å². The van der Waals surface area contributed by atoms with Crippen LogP contribution in [-0.4, -0.2) is 33.5 Å². The number of rotatable bonds is 1. The Kier molecular flexibility index (Phi) is 3.79. The summed E-state index contributed by atoms with van der Waals surface area (Å²) in [4.78, 5) is 4.28. The van der Waals surface area contributed by atoms with Crippen molar-refractivity contribution >= 4 is 33.4 Å². The van der Waals surface area contributed by atoms with E-state index in [1.165, 1.54) is 0 Å². The Morgan fingerprint density at radius 3 is 2.38 bits per heavy atom. The fourth-order valence-corrected chi connectivity index (χ4v) is 3.69. The van der Waals surface area contributed by atoms with Gasteiger partial charge in [0.25, 0.3) is 0 Å². The number of hydrogen-bond acceptors (Lipinski definition) is 5.